The molecule has 1 N–H and O–H groups in total. The number of hydrogen-bond donors (Lipinski definition) is 1. The van der Waals surface area contributed by atoms with E-state index in [-0.39, 0.29) is 0 Å². The average molecular weight is 345 g/mol. The van der Waals surface area contributed by atoms with Crippen molar-refractivity contribution in [1.29, 1.82) is 0 Å². The third-order valence-electron chi connectivity index (χ3n) is 5.43. The molecule has 5 nitrogen and oxygen atoms in total. The first-order valence-electron chi connectivity index (χ1n) is 9.60. The first-order chi connectivity index (χ1) is 12.2. The smallest absolute Gasteiger partial charge is 0.237 e. The highest BCUT2D eigenvalue weighted by molar-refractivity contribution is 5.78. The van der Waals surface area contributed by atoms with Gasteiger partial charge >= 0.3 is 0 Å². The van der Waals surface area contributed by atoms with Gasteiger partial charge in [-0.2, -0.15) is 0 Å². The van der Waals surface area contributed by atoms with Crippen LogP contribution in [-0.2, 0) is 17.6 Å². The van der Waals surface area contributed by atoms with E-state index in [9.17, 15) is 4.79 Å². The van der Waals surface area contributed by atoms with Gasteiger partial charge < -0.3 is 15.0 Å². The van der Waals surface area contributed by atoms with Crippen LogP contribution in [-0.4, -0.2) is 68.1 Å². The van der Waals surface area contributed by atoms with Crippen LogP contribution in [0.15, 0.2) is 18.2 Å². The van der Waals surface area contributed by atoms with Crippen molar-refractivity contribution in [1.82, 2.24) is 15.1 Å². The second-order valence-electron chi connectivity index (χ2n) is 7.11. The van der Waals surface area contributed by atoms with Crippen molar-refractivity contribution in [2.45, 2.75) is 38.6 Å². The molecule has 1 aliphatic heterocycles. The van der Waals surface area contributed by atoms with Crippen molar-refractivity contribution in [2.75, 3.05) is 46.4 Å². The lowest BCUT2D eigenvalue weighted by Gasteiger charge is -2.37. The second-order valence-corrected chi connectivity index (χ2v) is 7.11. The zero-order valence-electron chi connectivity index (χ0n) is 15.6. The summed E-state index contributed by atoms with van der Waals surface area (Å²) < 4.78 is 5.51. The molecule has 1 saturated heterocycles. The lowest BCUT2D eigenvalue weighted by Crippen LogP contribution is -2.51. The lowest BCUT2D eigenvalue weighted by molar-refractivity contribution is -0.135. The van der Waals surface area contributed by atoms with E-state index in [1.807, 2.05) is 6.07 Å². The quantitative estimate of drug-likeness (QED) is 0.852. The first-order valence-corrected chi connectivity index (χ1v) is 9.60. The van der Waals surface area contributed by atoms with E-state index in [4.69, 9.17) is 4.74 Å². The molecule has 25 heavy (non-hydrogen) atoms. The number of carbonyl (C=O) groups is 1. The maximum Gasteiger partial charge on any atom is 0.237 e. The molecular formula is C20H31N3O2. The molecule has 1 fully saturated rings. The van der Waals surface area contributed by atoms with Gasteiger partial charge in [-0.15, -0.1) is 0 Å². The van der Waals surface area contributed by atoms with E-state index in [0.717, 1.165) is 64.2 Å². The molecule has 1 atom stereocenters. The van der Waals surface area contributed by atoms with E-state index < -0.39 is 0 Å². The molecule has 0 aromatic heterocycles. The second kappa shape index (κ2) is 8.68. The Morgan fingerprint density at radius 3 is 2.88 bits per heavy atom. The number of benzene rings is 1. The number of nitrogens with zero attached hydrogens (tertiary/aromatic N) is 2. The molecule has 0 radical (unpaired) electrons. The van der Waals surface area contributed by atoms with Gasteiger partial charge in [0.2, 0.25) is 5.91 Å². The minimum Gasteiger partial charge on any atom is -0.496 e. The Hall–Kier alpha value is -1.59. The van der Waals surface area contributed by atoms with Crippen LogP contribution in [0.1, 0.15) is 30.9 Å². The maximum absolute atomic E-state index is 13.0. The topological polar surface area (TPSA) is 44.8 Å². The average Bonchev–Trinajstić information content (AvgIpc) is 2.65. The monoisotopic (exact) mass is 345 g/mol. The third kappa shape index (κ3) is 4.33. The summed E-state index contributed by atoms with van der Waals surface area (Å²) in [5, 5.41) is 3.35. The lowest BCUT2D eigenvalue weighted by atomic mass is 9.86. The summed E-state index contributed by atoms with van der Waals surface area (Å²) in [5.41, 5.74) is 2.67. The van der Waals surface area contributed by atoms with E-state index in [1.54, 1.807) is 7.11 Å². The Morgan fingerprint density at radius 1 is 1.36 bits per heavy atom. The number of piperazine rings is 1. The zero-order valence-corrected chi connectivity index (χ0v) is 15.6. The van der Waals surface area contributed by atoms with Crippen LogP contribution in [0, 0.1) is 0 Å². The molecule has 3 rings (SSSR count). The van der Waals surface area contributed by atoms with Crippen LogP contribution in [0.4, 0.5) is 0 Å². The summed E-state index contributed by atoms with van der Waals surface area (Å²) in [7, 11) is 1.74. The predicted molar refractivity (Wildman–Crippen MR) is 100 cm³/mol. The van der Waals surface area contributed by atoms with Gasteiger partial charge in [-0.1, -0.05) is 19.1 Å². The Balaban J connectivity index is 1.69. The van der Waals surface area contributed by atoms with Crippen molar-refractivity contribution in [2.24, 2.45) is 0 Å². The van der Waals surface area contributed by atoms with Gasteiger partial charge in [-0.25, -0.2) is 0 Å². The van der Waals surface area contributed by atoms with Gasteiger partial charge in [0, 0.05) is 38.8 Å². The van der Waals surface area contributed by atoms with E-state index in [1.165, 1.54) is 11.1 Å². The van der Waals surface area contributed by atoms with Gasteiger partial charge in [0.15, 0.2) is 0 Å². The minimum absolute atomic E-state index is 0.292. The number of methoxy groups -OCH3 is 1. The number of carbonyl (C=O) groups excluding carboxylic acids is 1. The van der Waals surface area contributed by atoms with E-state index >= 15 is 0 Å². The minimum atomic E-state index is 0.292. The van der Waals surface area contributed by atoms with Crippen molar-refractivity contribution >= 4 is 5.91 Å². The largest absolute Gasteiger partial charge is 0.496 e. The van der Waals surface area contributed by atoms with Crippen LogP contribution < -0.4 is 10.1 Å². The van der Waals surface area contributed by atoms with Crippen molar-refractivity contribution in [3.63, 3.8) is 0 Å². The van der Waals surface area contributed by atoms with Crippen molar-refractivity contribution < 1.29 is 9.53 Å². The standard InChI is InChI=1S/C20H31N3O2/c1-3-11-23(20(24)15-22-12-9-21-10-13-22)17-7-8-18-16(14-17)5-4-6-19(18)25-2/h4-6,17,21H,3,7-15H2,1-2H3. The van der Waals surface area contributed by atoms with Gasteiger partial charge in [0.25, 0.3) is 0 Å². The number of nitrogens with one attached hydrogen (secondary N) is 1. The summed E-state index contributed by atoms with van der Waals surface area (Å²) in [5.74, 6) is 1.28. The maximum atomic E-state index is 13.0. The summed E-state index contributed by atoms with van der Waals surface area (Å²) in [6, 6.07) is 6.61. The summed E-state index contributed by atoms with van der Waals surface area (Å²) in [4.78, 5) is 17.4. The highest BCUT2D eigenvalue weighted by Crippen LogP contribution is 2.31. The molecule has 1 unspecified atom stereocenters. The highest BCUT2D eigenvalue weighted by Gasteiger charge is 2.29. The Kier molecular flexibility index (Phi) is 6.32. The molecule has 1 aromatic rings. The normalized spacial score (nSPS) is 20.8. The summed E-state index contributed by atoms with van der Waals surface area (Å²) >= 11 is 0. The number of amides is 1. The number of rotatable bonds is 6. The Bertz CT molecular complexity index is 584. The molecule has 138 valence electrons. The summed E-state index contributed by atoms with van der Waals surface area (Å²) in [6.45, 7) is 7.48. The third-order valence-corrected chi connectivity index (χ3v) is 5.43. The molecule has 1 aromatic carbocycles. The fourth-order valence-corrected chi connectivity index (χ4v) is 4.11. The fourth-order valence-electron chi connectivity index (χ4n) is 4.11. The van der Waals surface area contributed by atoms with Crippen LogP contribution >= 0.6 is 0 Å². The molecule has 0 saturated carbocycles. The molecule has 1 amide bonds. The number of ether oxygens (including phenoxy) is 1. The predicted octanol–water partition coefficient (Wildman–Crippen LogP) is 1.70. The molecule has 1 aliphatic carbocycles. The van der Waals surface area contributed by atoms with E-state index in [2.05, 4.69) is 34.2 Å². The van der Waals surface area contributed by atoms with Gasteiger partial charge in [0.05, 0.1) is 13.7 Å². The van der Waals surface area contributed by atoms with Gasteiger partial charge in [0.1, 0.15) is 5.75 Å². The van der Waals surface area contributed by atoms with Crippen LogP contribution in [0.5, 0.6) is 5.75 Å². The van der Waals surface area contributed by atoms with Gasteiger partial charge in [-0.05, 0) is 42.9 Å². The zero-order chi connectivity index (χ0) is 17.6. The number of fused-ring (bicyclic) bond motifs is 1. The SMILES string of the molecule is CCCN(C(=O)CN1CCNCC1)C1CCc2c(cccc2OC)C1. The number of hydrogen-bond acceptors (Lipinski definition) is 4. The Labute approximate surface area is 151 Å². The summed E-state index contributed by atoms with van der Waals surface area (Å²) in [6.07, 6.45) is 3.97. The van der Waals surface area contributed by atoms with Crippen molar-refractivity contribution in [3.05, 3.63) is 29.3 Å². The fraction of sp³-hybridized carbons (Fsp3) is 0.650. The van der Waals surface area contributed by atoms with Crippen LogP contribution in [0.25, 0.3) is 0 Å². The molecule has 0 bridgehead atoms. The Morgan fingerprint density at radius 2 is 2.16 bits per heavy atom. The van der Waals surface area contributed by atoms with Gasteiger partial charge in [-0.3, -0.25) is 9.69 Å². The molecule has 2 aliphatic rings. The molecule has 0 spiro atoms. The molecular weight excluding hydrogens is 314 g/mol. The molecule has 1 heterocycles. The van der Waals surface area contributed by atoms with Crippen LogP contribution in [0.3, 0.4) is 0 Å². The van der Waals surface area contributed by atoms with Crippen LogP contribution in [0.2, 0.25) is 0 Å². The first kappa shape index (κ1) is 18.2. The van der Waals surface area contributed by atoms with Crippen molar-refractivity contribution in [3.8, 4) is 5.75 Å². The van der Waals surface area contributed by atoms with E-state index in [0.29, 0.717) is 18.5 Å². The molecule has 5 heteroatoms. The highest BCUT2D eigenvalue weighted by atomic mass is 16.5.